The highest BCUT2D eigenvalue weighted by Crippen LogP contribution is 2.36. The number of carbonyl (C=O) groups is 1. The molecule has 0 aromatic heterocycles. The summed E-state index contributed by atoms with van der Waals surface area (Å²) in [4.78, 5) is 14.5. The molecule has 2 rings (SSSR count). The van der Waals surface area contributed by atoms with Crippen LogP contribution in [0.2, 0.25) is 0 Å². The van der Waals surface area contributed by atoms with E-state index in [1.807, 2.05) is 24.9 Å². The molecule has 1 aliphatic rings. The molecule has 0 aliphatic carbocycles. The van der Waals surface area contributed by atoms with Crippen LogP contribution < -0.4 is 5.32 Å². The number of nitrogens with one attached hydrogen (secondary N) is 1. The van der Waals surface area contributed by atoms with E-state index in [1.165, 1.54) is 6.07 Å². The summed E-state index contributed by atoms with van der Waals surface area (Å²) in [7, 11) is 1.85. The molecule has 0 bridgehead atoms. The van der Waals surface area contributed by atoms with Gasteiger partial charge in [-0.1, -0.05) is 26.0 Å². The van der Waals surface area contributed by atoms with Gasteiger partial charge in [-0.25, -0.2) is 4.39 Å². The van der Waals surface area contributed by atoms with Crippen LogP contribution in [0.3, 0.4) is 0 Å². The van der Waals surface area contributed by atoms with E-state index < -0.39 is 0 Å². The Balaban J connectivity index is 0.00000220. The second kappa shape index (κ2) is 7.76. The van der Waals surface area contributed by atoms with Gasteiger partial charge in [0.1, 0.15) is 5.82 Å². The Kier molecular flexibility index (Phi) is 6.62. The molecule has 1 saturated heterocycles. The minimum atomic E-state index is -0.238. The van der Waals surface area contributed by atoms with Gasteiger partial charge in [-0.15, -0.1) is 12.4 Å². The normalized spacial score (nSPS) is 22.8. The molecule has 1 amide bonds. The standard InChI is InChI=1S/C16H23FN2O.ClH/c1-11-7-15(13-5-4-6-14(17)8-13)19(10-11)16(20)12(2)9-18-3;/h4-6,8,11-12,15,18H,7,9-10H2,1-3H3;1H. The van der Waals surface area contributed by atoms with Crippen molar-refractivity contribution in [3.05, 3.63) is 35.6 Å². The maximum Gasteiger partial charge on any atom is 0.227 e. The quantitative estimate of drug-likeness (QED) is 0.926. The molecule has 3 nitrogen and oxygen atoms in total. The van der Waals surface area contributed by atoms with Crippen molar-refractivity contribution >= 4 is 18.3 Å². The Hall–Kier alpha value is -1.13. The van der Waals surface area contributed by atoms with Crippen LogP contribution in [0.15, 0.2) is 24.3 Å². The molecular weight excluding hydrogens is 291 g/mol. The summed E-state index contributed by atoms with van der Waals surface area (Å²) in [6, 6.07) is 6.62. The van der Waals surface area contributed by atoms with Crippen molar-refractivity contribution < 1.29 is 9.18 Å². The molecule has 21 heavy (non-hydrogen) atoms. The van der Waals surface area contributed by atoms with Crippen molar-refractivity contribution in [2.24, 2.45) is 11.8 Å². The van der Waals surface area contributed by atoms with Crippen LogP contribution in [0, 0.1) is 17.7 Å². The summed E-state index contributed by atoms with van der Waals surface area (Å²) in [5.41, 5.74) is 0.902. The highest BCUT2D eigenvalue weighted by molar-refractivity contribution is 5.85. The third kappa shape index (κ3) is 4.17. The highest BCUT2D eigenvalue weighted by Gasteiger charge is 2.35. The molecule has 5 heteroatoms. The minimum Gasteiger partial charge on any atom is -0.335 e. The molecule has 1 aliphatic heterocycles. The summed E-state index contributed by atoms with van der Waals surface area (Å²) in [6.45, 7) is 5.50. The van der Waals surface area contributed by atoms with Crippen molar-refractivity contribution in [3.63, 3.8) is 0 Å². The number of amides is 1. The van der Waals surface area contributed by atoms with Crippen molar-refractivity contribution in [1.82, 2.24) is 10.2 Å². The van der Waals surface area contributed by atoms with Crippen molar-refractivity contribution in [3.8, 4) is 0 Å². The average molecular weight is 315 g/mol. The van der Waals surface area contributed by atoms with Crippen LogP contribution in [0.1, 0.15) is 31.9 Å². The highest BCUT2D eigenvalue weighted by atomic mass is 35.5. The zero-order valence-corrected chi connectivity index (χ0v) is 13.6. The molecular formula is C16H24ClFN2O. The first-order valence-electron chi connectivity index (χ1n) is 7.23. The monoisotopic (exact) mass is 314 g/mol. The van der Waals surface area contributed by atoms with Crippen LogP contribution in [-0.2, 0) is 4.79 Å². The van der Waals surface area contributed by atoms with Crippen LogP contribution in [-0.4, -0.2) is 30.9 Å². The van der Waals surface area contributed by atoms with Crippen LogP contribution in [0.5, 0.6) is 0 Å². The fourth-order valence-electron chi connectivity index (χ4n) is 3.00. The molecule has 118 valence electrons. The van der Waals surface area contributed by atoms with E-state index in [2.05, 4.69) is 12.2 Å². The molecule has 3 unspecified atom stereocenters. The molecule has 1 aromatic rings. The Morgan fingerprint density at radius 1 is 1.52 bits per heavy atom. The van der Waals surface area contributed by atoms with Gasteiger partial charge in [0.2, 0.25) is 5.91 Å². The van der Waals surface area contributed by atoms with Gasteiger partial charge in [0, 0.05) is 19.0 Å². The average Bonchev–Trinajstić information content (AvgIpc) is 2.80. The number of likely N-dealkylation sites (tertiary alicyclic amines) is 1. The summed E-state index contributed by atoms with van der Waals surface area (Å²) in [5, 5.41) is 3.04. The number of halogens is 2. The molecule has 0 saturated carbocycles. The lowest BCUT2D eigenvalue weighted by Crippen LogP contribution is -2.38. The molecule has 1 aromatic carbocycles. The zero-order valence-electron chi connectivity index (χ0n) is 12.8. The van der Waals surface area contributed by atoms with Crippen molar-refractivity contribution in [2.45, 2.75) is 26.3 Å². The van der Waals surface area contributed by atoms with Gasteiger partial charge in [-0.05, 0) is 37.1 Å². The largest absolute Gasteiger partial charge is 0.335 e. The summed E-state index contributed by atoms with van der Waals surface area (Å²) >= 11 is 0. The fourth-order valence-corrected chi connectivity index (χ4v) is 3.00. The zero-order chi connectivity index (χ0) is 14.7. The summed E-state index contributed by atoms with van der Waals surface area (Å²) in [5.74, 6) is 0.311. The van der Waals surface area contributed by atoms with Gasteiger partial charge in [0.15, 0.2) is 0 Å². The predicted octanol–water partition coefficient (Wildman–Crippen LogP) is 3.01. The fraction of sp³-hybridized carbons (Fsp3) is 0.562. The Morgan fingerprint density at radius 2 is 2.24 bits per heavy atom. The van der Waals surface area contributed by atoms with E-state index in [-0.39, 0.29) is 36.1 Å². The van der Waals surface area contributed by atoms with Crippen LogP contribution in [0.25, 0.3) is 0 Å². The smallest absolute Gasteiger partial charge is 0.227 e. The number of benzene rings is 1. The number of rotatable bonds is 4. The Morgan fingerprint density at radius 3 is 2.86 bits per heavy atom. The molecule has 3 atom stereocenters. The molecule has 1 heterocycles. The molecule has 1 fully saturated rings. The second-order valence-electron chi connectivity index (χ2n) is 5.86. The van der Waals surface area contributed by atoms with Crippen LogP contribution in [0.4, 0.5) is 4.39 Å². The Labute approximate surface area is 132 Å². The number of nitrogens with zero attached hydrogens (tertiary/aromatic N) is 1. The minimum absolute atomic E-state index is 0. The first-order chi connectivity index (χ1) is 9.52. The van der Waals surface area contributed by atoms with E-state index in [4.69, 9.17) is 0 Å². The second-order valence-corrected chi connectivity index (χ2v) is 5.86. The summed E-state index contributed by atoms with van der Waals surface area (Å²) in [6.07, 6.45) is 0.904. The molecule has 0 radical (unpaired) electrons. The number of hydrogen-bond acceptors (Lipinski definition) is 2. The molecule has 1 N–H and O–H groups in total. The third-order valence-electron chi connectivity index (χ3n) is 3.96. The SMILES string of the molecule is CNCC(C)C(=O)N1CC(C)CC1c1cccc(F)c1.Cl. The van der Waals surface area contributed by atoms with E-state index in [0.29, 0.717) is 12.5 Å². The van der Waals surface area contributed by atoms with E-state index in [9.17, 15) is 9.18 Å². The first kappa shape index (κ1) is 17.9. The topological polar surface area (TPSA) is 32.3 Å². The van der Waals surface area contributed by atoms with Gasteiger partial charge in [-0.2, -0.15) is 0 Å². The van der Waals surface area contributed by atoms with Gasteiger partial charge in [-0.3, -0.25) is 4.79 Å². The van der Waals surface area contributed by atoms with Gasteiger partial charge < -0.3 is 10.2 Å². The van der Waals surface area contributed by atoms with E-state index >= 15 is 0 Å². The van der Waals surface area contributed by atoms with Crippen molar-refractivity contribution in [1.29, 1.82) is 0 Å². The first-order valence-corrected chi connectivity index (χ1v) is 7.23. The lowest BCUT2D eigenvalue weighted by atomic mass is 10.0. The maximum absolute atomic E-state index is 13.4. The van der Waals surface area contributed by atoms with E-state index in [1.54, 1.807) is 12.1 Å². The number of carbonyl (C=O) groups excluding carboxylic acids is 1. The van der Waals surface area contributed by atoms with Crippen LogP contribution >= 0.6 is 12.4 Å². The molecule has 0 spiro atoms. The number of hydrogen-bond donors (Lipinski definition) is 1. The van der Waals surface area contributed by atoms with Gasteiger partial charge in [0.05, 0.1) is 6.04 Å². The summed E-state index contributed by atoms with van der Waals surface area (Å²) < 4.78 is 13.4. The van der Waals surface area contributed by atoms with Gasteiger partial charge >= 0.3 is 0 Å². The third-order valence-corrected chi connectivity index (χ3v) is 3.96. The lowest BCUT2D eigenvalue weighted by molar-refractivity contribution is -0.135. The van der Waals surface area contributed by atoms with E-state index in [0.717, 1.165) is 18.5 Å². The Bertz CT molecular complexity index is 483. The maximum atomic E-state index is 13.4. The van der Waals surface area contributed by atoms with Gasteiger partial charge in [0.25, 0.3) is 0 Å². The van der Waals surface area contributed by atoms with Crippen molar-refractivity contribution in [2.75, 3.05) is 20.1 Å². The predicted molar refractivity (Wildman–Crippen MR) is 85.0 cm³/mol. The lowest BCUT2D eigenvalue weighted by Gasteiger charge is -2.28.